The minimum absolute atomic E-state index is 0.0610. The van der Waals surface area contributed by atoms with Gasteiger partial charge in [0, 0.05) is 46.0 Å². The van der Waals surface area contributed by atoms with Gasteiger partial charge in [-0.1, -0.05) is 19.1 Å². The van der Waals surface area contributed by atoms with Crippen LogP contribution in [0.15, 0.2) is 41.5 Å². The van der Waals surface area contributed by atoms with Crippen LogP contribution in [0, 0.1) is 12.7 Å². The number of pyridine rings is 1. The molecule has 30 heavy (non-hydrogen) atoms. The average molecular weight is 413 g/mol. The van der Waals surface area contributed by atoms with E-state index < -0.39 is 0 Å². The molecule has 0 amide bonds. The highest BCUT2D eigenvalue weighted by atomic mass is 19.1. The van der Waals surface area contributed by atoms with Crippen molar-refractivity contribution < 1.29 is 4.39 Å². The van der Waals surface area contributed by atoms with Crippen LogP contribution in [0.25, 0.3) is 0 Å². The lowest BCUT2D eigenvalue weighted by Crippen LogP contribution is -2.46. The Labute approximate surface area is 179 Å². The highest BCUT2D eigenvalue weighted by Gasteiger charge is 2.17. The first-order valence-electron chi connectivity index (χ1n) is 10.7. The zero-order valence-corrected chi connectivity index (χ0v) is 18.5. The SMILES string of the molecule is CCN1CCN(c2cc(CNC(=NC)NC(C)c3ccc(C)c(F)c3)ccn2)CC1. The molecule has 0 saturated carbocycles. The highest BCUT2D eigenvalue weighted by molar-refractivity contribution is 5.80. The molecule has 2 N–H and O–H groups in total. The number of halogens is 1. The Kier molecular flexibility index (Phi) is 7.63. The minimum atomic E-state index is -0.187. The summed E-state index contributed by atoms with van der Waals surface area (Å²) in [5, 5.41) is 6.68. The molecule has 1 saturated heterocycles. The van der Waals surface area contributed by atoms with Crippen LogP contribution in [0.3, 0.4) is 0 Å². The Morgan fingerprint density at radius 3 is 2.63 bits per heavy atom. The molecule has 6 nitrogen and oxygen atoms in total. The fourth-order valence-electron chi connectivity index (χ4n) is 3.58. The van der Waals surface area contributed by atoms with Crippen molar-refractivity contribution in [2.75, 3.05) is 44.7 Å². The van der Waals surface area contributed by atoms with Gasteiger partial charge in [0.15, 0.2) is 5.96 Å². The van der Waals surface area contributed by atoms with Gasteiger partial charge in [-0.05, 0) is 55.3 Å². The van der Waals surface area contributed by atoms with Gasteiger partial charge in [-0.25, -0.2) is 9.37 Å². The molecule has 162 valence electrons. The maximum atomic E-state index is 13.9. The summed E-state index contributed by atoms with van der Waals surface area (Å²) in [5.41, 5.74) is 2.69. The molecule has 2 aromatic rings. The lowest BCUT2D eigenvalue weighted by atomic mass is 10.1. The number of anilines is 1. The molecule has 1 aromatic heterocycles. The third-order valence-corrected chi connectivity index (χ3v) is 5.69. The largest absolute Gasteiger partial charge is 0.354 e. The molecule has 0 radical (unpaired) electrons. The molecule has 1 aromatic carbocycles. The van der Waals surface area contributed by atoms with E-state index in [1.165, 1.54) is 0 Å². The zero-order chi connectivity index (χ0) is 21.5. The van der Waals surface area contributed by atoms with Crippen molar-refractivity contribution in [2.45, 2.75) is 33.4 Å². The number of hydrogen-bond donors (Lipinski definition) is 2. The Balaban J connectivity index is 1.56. The van der Waals surface area contributed by atoms with Crippen molar-refractivity contribution in [2.24, 2.45) is 4.99 Å². The van der Waals surface area contributed by atoms with E-state index in [-0.39, 0.29) is 11.9 Å². The normalized spacial score (nSPS) is 16.4. The second kappa shape index (κ2) is 10.4. The third-order valence-electron chi connectivity index (χ3n) is 5.69. The number of guanidine groups is 1. The minimum Gasteiger partial charge on any atom is -0.354 e. The van der Waals surface area contributed by atoms with Gasteiger partial charge in [-0.3, -0.25) is 4.99 Å². The van der Waals surface area contributed by atoms with Crippen molar-refractivity contribution in [3.63, 3.8) is 0 Å². The second-order valence-electron chi connectivity index (χ2n) is 7.74. The average Bonchev–Trinajstić information content (AvgIpc) is 2.78. The predicted octanol–water partition coefficient (Wildman–Crippen LogP) is 3.10. The van der Waals surface area contributed by atoms with Gasteiger partial charge in [-0.2, -0.15) is 0 Å². The second-order valence-corrected chi connectivity index (χ2v) is 7.74. The van der Waals surface area contributed by atoms with Gasteiger partial charge >= 0.3 is 0 Å². The van der Waals surface area contributed by atoms with E-state index in [0.29, 0.717) is 18.1 Å². The molecule has 2 heterocycles. The predicted molar refractivity (Wildman–Crippen MR) is 121 cm³/mol. The van der Waals surface area contributed by atoms with Gasteiger partial charge < -0.3 is 20.4 Å². The number of hydrogen-bond acceptors (Lipinski definition) is 4. The van der Waals surface area contributed by atoms with Gasteiger partial charge in [0.1, 0.15) is 11.6 Å². The number of rotatable bonds is 6. The number of aromatic nitrogens is 1. The number of nitrogens with one attached hydrogen (secondary N) is 2. The number of nitrogens with zero attached hydrogens (tertiary/aromatic N) is 4. The molecular weight excluding hydrogens is 379 g/mol. The van der Waals surface area contributed by atoms with E-state index in [9.17, 15) is 4.39 Å². The molecular formula is C23H33FN6. The van der Waals surface area contributed by atoms with E-state index >= 15 is 0 Å². The number of benzene rings is 1. The number of likely N-dealkylation sites (N-methyl/N-ethyl adjacent to an activating group) is 1. The summed E-state index contributed by atoms with van der Waals surface area (Å²) < 4.78 is 13.9. The standard InChI is InChI=1S/C23H33FN6/c1-5-29-10-12-30(13-11-29)22-14-19(8-9-26-22)16-27-23(25-4)28-18(3)20-7-6-17(2)21(24)15-20/h6-9,14-15,18H,5,10-13,16H2,1-4H3,(H2,25,27,28). The zero-order valence-electron chi connectivity index (χ0n) is 18.5. The maximum absolute atomic E-state index is 13.9. The van der Waals surface area contributed by atoms with E-state index in [4.69, 9.17) is 0 Å². The molecule has 0 bridgehead atoms. The Morgan fingerprint density at radius 1 is 1.20 bits per heavy atom. The molecule has 1 fully saturated rings. The summed E-state index contributed by atoms with van der Waals surface area (Å²) in [7, 11) is 1.74. The maximum Gasteiger partial charge on any atom is 0.191 e. The van der Waals surface area contributed by atoms with E-state index in [0.717, 1.165) is 49.7 Å². The van der Waals surface area contributed by atoms with Crippen molar-refractivity contribution >= 4 is 11.8 Å². The van der Waals surface area contributed by atoms with Crippen LogP contribution in [0.5, 0.6) is 0 Å². The molecule has 1 aliphatic heterocycles. The molecule has 3 rings (SSSR count). The molecule has 7 heteroatoms. The molecule has 1 unspecified atom stereocenters. The summed E-state index contributed by atoms with van der Waals surface area (Å²) in [5.74, 6) is 1.52. The summed E-state index contributed by atoms with van der Waals surface area (Å²) in [6, 6.07) is 9.42. The smallest absolute Gasteiger partial charge is 0.191 e. The summed E-state index contributed by atoms with van der Waals surface area (Å²) in [6.07, 6.45) is 1.87. The highest BCUT2D eigenvalue weighted by Crippen LogP contribution is 2.17. The van der Waals surface area contributed by atoms with Crippen LogP contribution in [-0.4, -0.2) is 55.6 Å². The first kappa shape index (κ1) is 22.0. The monoisotopic (exact) mass is 412 g/mol. The molecule has 1 atom stereocenters. The van der Waals surface area contributed by atoms with Crippen LogP contribution in [0.2, 0.25) is 0 Å². The van der Waals surface area contributed by atoms with Gasteiger partial charge in [-0.15, -0.1) is 0 Å². The van der Waals surface area contributed by atoms with Crippen molar-refractivity contribution in [3.8, 4) is 0 Å². The fourth-order valence-corrected chi connectivity index (χ4v) is 3.58. The van der Waals surface area contributed by atoms with Crippen LogP contribution in [-0.2, 0) is 6.54 Å². The quantitative estimate of drug-likeness (QED) is 0.564. The first-order chi connectivity index (χ1) is 14.5. The molecule has 1 aliphatic rings. The van der Waals surface area contributed by atoms with Gasteiger partial charge in [0.2, 0.25) is 0 Å². The van der Waals surface area contributed by atoms with E-state index in [1.807, 2.05) is 25.3 Å². The van der Waals surface area contributed by atoms with Crippen LogP contribution >= 0.6 is 0 Å². The number of aryl methyl sites for hydroxylation is 1. The molecule has 0 aliphatic carbocycles. The van der Waals surface area contributed by atoms with E-state index in [2.05, 4.69) is 43.4 Å². The van der Waals surface area contributed by atoms with Gasteiger partial charge in [0.25, 0.3) is 0 Å². The van der Waals surface area contributed by atoms with E-state index in [1.54, 1.807) is 26.1 Å². The summed E-state index contributed by atoms with van der Waals surface area (Å²) in [6.45, 7) is 11.9. The number of aliphatic imine (C=N–C) groups is 1. The summed E-state index contributed by atoms with van der Waals surface area (Å²) in [4.78, 5) is 13.7. The summed E-state index contributed by atoms with van der Waals surface area (Å²) >= 11 is 0. The van der Waals surface area contributed by atoms with Crippen molar-refractivity contribution in [1.82, 2.24) is 20.5 Å². The lowest BCUT2D eigenvalue weighted by Gasteiger charge is -2.34. The Morgan fingerprint density at radius 2 is 1.97 bits per heavy atom. The van der Waals surface area contributed by atoms with Crippen LogP contribution < -0.4 is 15.5 Å². The lowest BCUT2D eigenvalue weighted by molar-refractivity contribution is 0.270. The van der Waals surface area contributed by atoms with Crippen molar-refractivity contribution in [3.05, 3.63) is 59.0 Å². The number of piperazine rings is 1. The first-order valence-corrected chi connectivity index (χ1v) is 10.7. The molecule has 0 spiro atoms. The topological polar surface area (TPSA) is 55.8 Å². The van der Waals surface area contributed by atoms with Crippen LogP contribution in [0.4, 0.5) is 10.2 Å². The van der Waals surface area contributed by atoms with Crippen LogP contribution in [0.1, 0.15) is 36.6 Å². The fraction of sp³-hybridized carbons (Fsp3) is 0.478. The van der Waals surface area contributed by atoms with Crippen molar-refractivity contribution in [1.29, 1.82) is 0 Å². The Bertz CT molecular complexity index is 861. The Hall–Kier alpha value is -2.67. The van der Waals surface area contributed by atoms with Gasteiger partial charge in [0.05, 0.1) is 6.04 Å². The third kappa shape index (κ3) is 5.69.